The quantitative estimate of drug-likeness (QED) is 0.183. The van der Waals surface area contributed by atoms with Gasteiger partial charge in [-0.15, -0.1) is 0 Å². The molecule has 1 fully saturated rings. The molecule has 3 N–H and O–H groups in total. The van der Waals surface area contributed by atoms with Gasteiger partial charge in [0.25, 0.3) is 5.91 Å². The van der Waals surface area contributed by atoms with E-state index in [0.29, 0.717) is 28.9 Å². The Kier molecular flexibility index (Phi) is 8.54. The minimum Gasteiger partial charge on any atom is -0.497 e. The van der Waals surface area contributed by atoms with Gasteiger partial charge in [-0.05, 0) is 77.0 Å². The van der Waals surface area contributed by atoms with Gasteiger partial charge >= 0.3 is 0 Å². The van der Waals surface area contributed by atoms with Crippen LogP contribution in [0.2, 0.25) is 0 Å². The average Bonchev–Trinajstić information content (AvgIpc) is 3.68. The van der Waals surface area contributed by atoms with Gasteiger partial charge in [-0.3, -0.25) is 4.79 Å². The predicted molar refractivity (Wildman–Crippen MR) is 176 cm³/mol. The van der Waals surface area contributed by atoms with Gasteiger partial charge in [-0.25, -0.2) is 14.1 Å². The van der Waals surface area contributed by atoms with Gasteiger partial charge in [-0.2, -0.15) is 5.10 Å². The number of hydrogen-bond acceptors (Lipinski definition) is 6. The zero-order chi connectivity index (χ0) is 31.6. The van der Waals surface area contributed by atoms with Gasteiger partial charge in [0.05, 0.1) is 19.0 Å². The maximum Gasteiger partial charge on any atom is 0.251 e. The number of halogens is 1. The summed E-state index contributed by atoms with van der Waals surface area (Å²) in [5.41, 5.74) is 5.43. The fraction of sp³-hybridized carbons (Fsp3) is 0.306. The molecule has 3 heterocycles. The number of fused-ring (bicyclic) bond motifs is 1. The Morgan fingerprint density at radius 3 is 2.51 bits per heavy atom. The number of pyridine rings is 1. The normalized spacial score (nSPS) is 14.9. The highest BCUT2D eigenvalue weighted by Crippen LogP contribution is 2.34. The summed E-state index contributed by atoms with van der Waals surface area (Å²) in [5.74, 6) is 0.891. The highest BCUT2D eigenvalue weighted by Gasteiger charge is 2.22. The van der Waals surface area contributed by atoms with Crippen molar-refractivity contribution < 1.29 is 13.9 Å². The lowest BCUT2D eigenvalue weighted by atomic mass is 9.87. The van der Waals surface area contributed by atoms with E-state index in [-0.39, 0.29) is 29.7 Å². The third-order valence-corrected chi connectivity index (χ3v) is 8.34. The highest BCUT2D eigenvalue weighted by molar-refractivity contribution is 6.01. The number of benzene rings is 3. The lowest BCUT2D eigenvalue weighted by Gasteiger charge is -2.19. The lowest BCUT2D eigenvalue weighted by Crippen LogP contribution is -2.23. The van der Waals surface area contributed by atoms with Crippen LogP contribution in [0.25, 0.3) is 22.2 Å². The van der Waals surface area contributed by atoms with Crippen LogP contribution in [0.15, 0.2) is 79.0 Å². The lowest BCUT2D eigenvalue weighted by molar-refractivity contribution is 0.0950. The number of carbonyl (C=O) groups excluding carboxylic acids is 1. The monoisotopic (exact) mass is 606 g/mol. The Morgan fingerprint density at radius 1 is 1.07 bits per heavy atom. The van der Waals surface area contributed by atoms with Gasteiger partial charge in [0.2, 0.25) is 0 Å². The maximum absolute atomic E-state index is 15.5. The third-order valence-electron chi connectivity index (χ3n) is 8.34. The number of anilines is 1. The molecule has 0 unspecified atom stereocenters. The zero-order valence-electron chi connectivity index (χ0n) is 26.2. The molecule has 232 valence electrons. The smallest absolute Gasteiger partial charge is 0.251 e. The second-order valence-corrected chi connectivity index (χ2v) is 12.6. The molecule has 9 heteroatoms. The van der Waals surface area contributed by atoms with E-state index >= 15 is 4.39 Å². The largest absolute Gasteiger partial charge is 0.497 e. The van der Waals surface area contributed by atoms with Gasteiger partial charge in [0.15, 0.2) is 11.5 Å². The summed E-state index contributed by atoms with van der Waals surface area (Å²) in [7, 11) is 1.65. The molecular weight excluding hydrogens is 567 g/mol. The Bertz CT molecular complexity index is 1800. The van der Waals surface area contributed by atoms with E-state index in [1.165, 1.54) is 6.07 Å². The number of nitrogens with one attached hydrogen (secondary N) is 3. The molecule has 0 spiro atoms. The molecule has 1 atom stereocenters. The molecule has 1 aliphatic rings. The summed E-state index contributed by atoms with van der Waals surface area (Å²) >= 11 is 0. The van der Waals surface area contributed by atoms with Gasteiger partial charge < -0.3 is 20.7 Å². The van der Waals surface area contributed by atoms with E-state index in [1.807, 2.05) is 65.3 Å². The van der Waals surface area contributed by atoms with E-state index in [4.69, 9.17) is 14.8 Å². The predicted octanol–water partition coefficient (Wildman–Crippen LogP) is 6.30. The van der Waals surface area contributed by atoms with Crippen LogP contribution in [-0.2, 0) is 18.5 Å². The molecule has 5 aromatic rings. The first-order valence-electron chi connectivity index (χ1n) is 15.3. The van der Waals surface area contributed by atoms with Crippen LogP contribution in [0.1, 0.15) is 54.2 Å². The first-order valence-corrected chi connectivity index (χ1v) is 15.3. The number of aromatic nitrogens is 3. The van der Waals surface area contributed by atoms with Crippen molar-refractivity contribution in [2.24, 2.45) is 0 Å². The average molecular weight is 607 g/mol. The standard InChI is InChI=1S/C36H39FN6O2/c1-36(2,3)27-11-9-24(10-12-27)35(44)40-20-26-8-7-25(19-31(26)37)30-16-18-39-34-32(30)33(41-28-15-17-38-21-28)42-43(34)22-23-5-13-29(45-4)14-6-23/h5-14,16,18-19,28,38H,15,17,20-22H2,1-4H3,(H,40,44)(H,41,42)/t28-/m1/s1. The zero-order valence-corrected chi connectivity index (χ0v) is 26.2. The highest BCUT2D eigenvalue weighted by atomic mass is 19.1. The molecule has 1 amide bonds. The summed E-state index contributed by atoms with van der Waals surface area (Å²) in [6.07, 6.45) is 2.72. The molecule has 6 rings (SSSR count). The van der Waals surface area contributed by atoms with Crippen LogP contribution >= 0.6 is 0 Å². The van der Waals surface area contributed by atoms with Crippen molar-refractivity contribution in [2.75, 3.05) is 25.5 Å². The van der Waals surface area contributed by atoms with Crippen LogP contribution in [-0.4, -0.2) is 46.9 Å². The number of amides is 1. The van der Waals surface area contributed by atoms with Crippen molar-refractivity contribution in [3.05, 3.63) is 107 Å². The van der Waals surface area contributed by atoms with Crippen molar-refractivity contribution in [1.82, 2.24) is 25.4 Å². The molecule has 8 nitrogen and oxygen atoms in total. The number of hydrogen-bond donors (Lipinski definition) is 3. The third kappa shape index (κ3) is 6.68. The topological polar surface area (TPSA) is 93.1 Å². The van der Waals surface area contributed by atoms with Crippen molar-refractivity contribution in [3.63, 3.8) is 0 Å². The van der Waals surface area contributed by atoms with E-state index < -0.39 is 0 Å². The van der Waals surface area contributed by atoms with E-state index in [0.717, 1.165) is 53.2 Å². The molecule has 45 heavy (non-hydrogen) atoms. The molecule has 2 aromatic heterocycles. The van der Waals surface area contributed by atoms with Crippen molar-refractivity contribution in [2.45, 2.75) is 51.7 Å². The summed E-state index contributed by atoms with van der Waals surface area (Å²) in [6.45, 7) is 8.78. The number of methoxy groups -OCH3 is 1. The molecule has 0 bridgehead atoms. The minimum atomic E-state index is -0.388. The summed E-state index contributed by atoms with van der Waals surface area (Å²) < 4.78 is 22.7. The first-order chi connectivity index (χ1) is 21.7. The second-order valence-electron chi connectivity index (χ2n) is 12.6. The van der Waals surface area contributed by atoms with E-state index in [9.17, 15) is 4.79 Å². The Hall–Kier alpha value is -4.76. The number of ether oxygens (including phenoxy) is 1. The van der Waals surface area contributed by atoms with Crippen LogP contribution in [0.4, 0.5) is 10.2 Å². The van der Waals surface area contributed by atoms with E-state index in [2.05, 4.69) is 36.7 Å². The fourth-order valence-corrected chi connectivity index (χ4v) is 5.68. The fourth-order valence-electron chi connectivity index (χ4n) is 5.68. The first kappa shape index (κ1) is 30.3. The van der Waals surface area contributed by atoms with Crippen molar-refractivity contribution in [3.8, 4) is 16.9 Å². The van der Waals surface area contributed by atoms with Crippen LogP contribution < -0.4 is 20.7 Å². The summed E-state index contributed by atoms with van der Waals surface area (Å²) in [6, 6.07) is 22.7. The Morgan fingerprint density at radius 2 is 1.84 bits per heavy atom. The van der Waals surface area contributed by atoms with Crippen LogP contribution in [0, 0.1) is 5.82 Å². The van der Waals surface area contributed by atoms with Gasteiger partial charge in [-0.1, -0.05) is 57.2 Å². The summed E-state index contributed by atoms with van der Waals surface area (Å²) in [5, 5.41) is 15.7. The van der Waals surface area contributed by atoms with Crippen LogP contribution in [0.5, 0.6) is 5.75 Å². The number of nitrogens with zero attached hydrogens (tertiary/aromatic N) is 3. The van der Waals surface area contributed by atoms with Crippen molar-refractivity contribution >= 4 is 22.8 Å². The molecule has 0 aliphatic carbocycles. The number of carbonyl (C=O) groups is 1. The Balaban J connectivity index is 1.26. The Labute approximate surface area is 263 Å². The number of rotatable bonds is 9. The maximum atomic E-state index is 15.5. The summed E-state index contributed by atoms with van der Waals surface area (Å²) in [4.78, 5) is 17.5. The molecule has 3 aromatic carbocycles. The molecule has 0 saturated carbocycles. The molecule has 1 saturated heterocycles. The minimum absolute atomic E-state index is 0.0000330. The SMILES string of the molecule is COc1ccc(Cn2nc(N[C@@H]3CCNC3)c3c(-c4ccc(CNC(=O)c5ccc(C(C)(C)C)cc5)c(F)c4)ccnc32)cc1. The molecule has 1 aliphatic heterocycles. The van der Waals surface area contributed by atoms with E-state index in [1.54, 1.807) is 19.4 Å². The van der Waals surface area contributed by atoms with Crippen molar-refractivity contribution in [1.29, 1.82) is 0 Å². The van der Waals surface area contributed by atoms with Gasteiger partial charge in [0.1, 0.15) is 11.6 Å². The molecular formula is C36H39FN6O2. The molecule has 0 radical (unpaired) electrons. The van der Waals surface area contributed by atoms with Gasteiger partial charge in [0, 0.05) is 36.5 Å². The second kappa shape index (κ2) is 12.7. The van der Waals surface area contributed by atoms with Crippen LogP contribution in [0.3, 0.4) is 0 Å².